The van der Waals surface area contributed by atoms with Gasteiger partial charge in [0.15, 0.2) is 5.69 Å². The number of halogens is 3. The average molecular weight is 292 g/mol. The highest BCUT2D eigenvalue weighted by Gasteiger charge is 2.37. The summed E-state index contributed by atoms with van der Waals surface area (Å²) in [5.41, 5.74) is -1.49. The van der Waals surface area contributed by atoms with Gasteiger partial charge in [-0.1, -0.05) is 0 Å². The van der Waals surface area contributed by atoms with Gasteiger partial charge in [-0.2, -0.15) is 18.3 Å². The zero-order valence-corrected chi connectivity index (χ0v) is 10.7. The molecule has 6 nitrogen and oxygen atoms in total. The highest BCUT2D eigenvalue weighted by molar-refractivity contribution is 5.91. The van der Waals surface area contributed by atoms with Crippen molar-refractivity contribution in [3.8, 4) is 0 Å². The molecule has 1 fully saturated rings. The molecular formula is C11H15F3N4O2. The molecule has 2 atom stereocenters. The predicted molar refractivity (Wildman–Crippen MR) is 63.8 cm³/mol. The van der Waals surface area contributed by atoms with Crippen LogP contribution >= 0.6 is 0 Å². The van der Waals surface area contributed by atoms with Crippen molar-refractivity contribution < 1.29 is 23.1 Å². The summed E-state index contributed by atoms with van der Waals surface area (Å²) in [7, 11) is 1.80. The molecule has 2 heterocycles. The van der Waals surface area contributed by atoms with Gasteiger partial charge in [-0.25, -0.2) is 0 Å². The van der Waals surface area contributed by atoms with E-state index in [-0.39, 0.29) is 12.3 Å². The largest absolute Gasteiger partial charge is 0.434 e. The lowest BCUT2D eigenvalue weighted by atomic mass is 10.0. The Morgan fingerprint density at radius 1 is 1.60 bits per heavy atom. The number of nitrogens with one attached hydrogen (secondary N) is 2. The van der Waals surface area contributed by atoms with Crippen molar-refractivity contribution in [1.82, 2.24) is 15.1 Å². The highest BCUT2D eigenvalue weighted by Crippen LogP contribution is 2.33. The summed E-state index contributed by atoms with van der Waals surface area (Å²) < 4.78 is 37.7. The van der Waals surface area contributed by atoms with E-state index < -0.39 is 29.6 Å². The van der Waals surface area contributed by atoms with Gasteiger partial charge in [-0.3, -0.25) is 9.89 Å². The number of carbonyl (C=O) groups is 1. The first kappa shape index (κ1) is 14.8. The molecule has 0 unspecified atom stereocenters. The van der Waals surface area contributed by atoms with Crippen LogP contribution in [0.2, 0.25) is 0 Å². The summed E-state index contributed by atoms with van der Waals surface area (Å²) in [5, 5.41) is 17.0. The first-order chi connectivity index (χ1) is 9.27. The second kappa shape index (κ2) is 5.41. The maximum atomic E-state index is 12.6. The van der Waals surface area contributed by atoms with Crippen LogP contribution in [0, 0.1) is 5.92 Å². The number of amides is 1. The maximum Gasteiger partial charge on any atom is 0.434 e. The van der Waals surface area contributed by atoms with Crippen molar-refractivity contribution in [2.45, 2.75) is 18.7 Å². The number of likely N-dealkylation sites (N-methyl/N-ethyl adjacent to an activating group) is 1. The molecule has 0 aromatic carbocycles. The van der Waals surface area contributed by atoms with E-state index in [1.807, 2.05) is 10.00 Å². The van der Waals surface area contributed by atoms with E-state index in [0.29, 0.717) is 13.1 Å². The molecular weight excluding hydrogens is 277 g/mol. The van der Waals surface area contributed by atoms with Crippen LogP contribution < -0.4 is 5.32 Å². The van der Waals surface area contributed by atoms with Gasteiger partial charge < -0.3 is 15.3 Å². The number of rotatable bonds is 3. The zero-order chi connectivity index (χ0) is 14.9. The van der Waals surface area contributed by atoms with Crippen LogP contribution in [0.1, 0.15) is 12.1 Å². The Morgan fingerprint density at radius 2 is 2.30 bits per heavy atom. The standard InChI is InChI=1S/C11H15F3N4O2/c1-18-4-6(8(19)5-18)2-9(20)16-7-3-15-17-10(7)11(12,13)14/h3,6,8,19H,2,4-5H2,1H3,(H,15,17)(H,16,20)/t6-,8-/m1/s1. The third-order valence-electron chi connectivity index (χ3n) is 3.23. The van der Waals surface area contributed by atoms with E-state index in [0.717, 1.165) is 6.20 Å². The van der Waals surface area contributed by atoms with Gasteiger partial charge in [-0.05, 0) is 7.05 Å². The number of nitrogens with zero attached hydrogens (tertiary/aromatic N) is 2. The van der Waals surface area contributed by atoms with Gasteiger partial charge in [0.2, 0.25) is 5.91 Å². The number of aliphatic hydroxyl groups excluding tert-OH is 1. The molecule has 1 aromatic rings. The van der Waals surface area contributed by atoms with Crippen molar-refractivity contribution in [3.05, 3.63) is 11.9 Å². The Morgan fingerprint density at radius 3 is 2.85 bits per heavy atom. The Bertz CT molecular complexity index is 488. The number of hydrogen-bond acceptors (Lipinski definition) is 4. The maximum absolute atomic E-state index is 12.6. The molecule has 0 saturated carbocycles. The molecule has 1 aliphatic heterocycles. The molecule has 0 aliphatic carbocycles. The molecule has 20 heavy (non-hydrogen) atoms. The molecule has 1 amide bonds. The number of hydrogen-bond donors (Lipinski definition) is 3. The van der Waals surface area contributed by atoms with Crippen LogP contribution in [0.15, 0.2) is 6.20 Å². The number of aromatic amines is 1. The molecule has 1 aromatic heterocycles. The fourth-order valence-corrected chi connectivity index (χ4v) is 2.30. The normalized spacial score (nSPS) is 24.1. The summed E-state index contributed by atoms with van der Waals surface area (Å²) in [4.78, 5) is 13.6. The Balaban J connectivity index is 1.97. The second-order valence-electron chi connectivity index (χ2n) is 4.96. The summed E-state index contributed by atoms with van der Waals surface area (Å²) in [6, 6.07) is 0. The first-order valence-corrected chi connectivity index (χ1v) is 6.04. The molecule has 9 heteroatoms. The SMILES string of the molecule is CN1C[C@@H](CC(=O)Nc2cn[nH]c2C(F)(F)F)[C@H](O)C1. The number of aliphatic hydroxyl groups is 1. The third-order valence-corrected chi connectivity index (χ3v) is 3.23. The Kier molecular flexibility index (Phi) is 4.00. The Hall–Kier alpha value is -1.61. The van der Waals surface area contributed by atoms with Gasteiger partial charge in [0.05, 0.1) is 18.0 Å². The molecule has 2 rings (SSSR count). The fraction of sp³-hybridized carbons (Fsp3) is 0.636. The second-order valence-corrected chi connectivity index (χ2v) is 4.96. The van der Waals surface area contributed by atoms with Gasteiger partial charge in [-0.15, -0.1) is 0 Å². The van der Waals surface area contributed by atoms with Crippen molar-refractivity contribution in [2.24, 2.45) is 5.92 Å². The van der Waals surface area contributed by atoms with Crippen molar-refractivity contribution in [2.75, 3.05) is 25.5 Å². The number of alkyl halides is 3. The lowest BCUT2D eigenvalue weighted by molar-refractivity contribution is -0.140. The number of β-amino-alcohol motifs (C(OH)–C–C–N with tert-alkyl or cyclic N) is 1. The van der Waals surface area contributed by atoms with Crippen molar-refractivity contribution in [3.63, 3.8) is 0 Å². The van der Waals surface area contributed by atoms with Crippen LogP contribution in [-0.2, 0) is 11.0 Å². The van der Waals surface area contributed by atoms with Crippen LogP contribution in [0.25, 0.3) is 0 Å². The topological polar surface area (TPSA) is 81.2 Å². The fourth-order valence-electron chi connectivity index (χ4n) is 2.30. The minimum atomic E-state index is -4.60. The van der Waals surface area contributed by atoms with Crippen LogP contribution in [0.5, 0.6) is 0 Å². The lowest BCUT2D eigenvalue weighted by Crippen LogP contribution is -2.25. The average Bonchev–Trinajstić information content (AvgIpc) is 2.85. The van der Waals surface area contributed by atoms with Gasteiger partial charge in [0.25, 0.3) is 0 Å². The molecule has 0 radical (unpaired) electrons. The van der Waals surface area contributed by atoms with Crippen molar-refractivity contribution in [1.29, 1.82) is 0 Å². The summed E-state index contributed by atoms with van der Waals surface area (Å²) in [5.74, 6) is -0.850. The Labute approximate surface area is 113 Å². The minimum absolute atomic E-state index is 0.0337. The van der Waals surface area contributed by atoms with Gasteiger partial charge in [0, 0.05) is 25.4 Å². The zero-order valence-electron chi connectivity index (χ0n) is 10.7. The van der Waals surface area contributed by atoms with Gasteiger partial charge >= 0.3 is 6.18 Å². The summed E-state index contributed by atoms with van der Waals surface area (Å²) in [6.07, 6.45) is -4.37. The van der Waals surface area contributed by atoms with Crippen molar-refractivity contribution >= 4 is 11.6 Å². The van der Waals surface area contributed by atoms with E-state index in [1.54, 1.807) is 7.05 Å². The van der Waals surface area contributed by atoms with Crippen LogP contribution in [0.4, 0.5) is 18.9 Å². The number of H-pyrrole nitrogens is 1. The molecule has 0 spiro atoms. The summed E-state index contributed by atoms with van der Waals surface area (Å²) >= 11 is 0. The molecule has 1 aliphatic rings. The smallest absolute Gasteiger partial charge is 0.391 e. The first-order valence-electron chi connectivity index (χ1n) is 6.04. The summed E-state index contributed by atoms with van der Waals surface area (Å²) in [6.45, 7) is 0.990. The number of anilines is 1. The van der Waals surface area contributed by atoms with E-state index in [1.165, 1.54) is 0 Å². The monoisotopic (exact) mass is 292 g/mol. The van der Waals surface area contributed by atoms with E-state index in [9.17, 15) is 23.1 Å². The van der Waals surface area contributed by atoms with Gasteiger partial charge in [0.1, 0.15) is 0 Å². The predicted octanol–water partition coefficient (Wildman–Crippen LogP) is 0.680. The highest BCUT2D eigenvalue weighted by atomic mass is 19.4. The van der Waals surface area contributed by atoms with E-state index in [4.69, 9.17) is 0 Å². The number of likely N-dealkylation sites (tertiary alicyclic amines) is 1. The number of aromatic nitrogens is 2. The lowest BCUT2D eigenvalue weighted by Gasteiger charge is -2.13. The minimum Gasteiger partial charge on any atom is -0.391 e. The van der Waals surface area contributed by atoms with Crippen LogP contribution in [0.3, 0.4) is 0 Å². The molecule has 112 valence electrons. The van der Waals surface area contributed by atoms with E-state index in [2.05, 4.69) is 10.4 Å². The number of carbonyl (C=O) groups excluding carboxylic acids is 1. The quantitative estimate of drug-likeness (QED) is 0.765. The molecule has 1 saturated heterocycles. The van der Waals surface area contributed by atoms with E-state index >= 15 is 0 Å². The third kappa shape index (κ3) is 3.28. The molecule has 0 bridgehead atoms. The molecule has 3 N–H and O–H groups in total. The van der Waals surface area contributed by atoms with Crippen LogP contribution in [-0.4, -0.2) is 52.4 Å².